The third-order valence-corrected chi connectivity index (χ3v) is 16.6. The smallest absolute Gasteiger partial charge is 0.408 e. The third kappa shape index (κ3) is 8.83. The van der Waals surface area contributed by atoms with Crippen LogP contribution in [0.4, 0.5) is 4.79 Å². The molecule has 0 radical (unpaired) electrons. The number of carbonyl (C=O) groups excluding carboxylic acids is 4. The summed E-state index contributed by atoms with van der Waals surface area (Å²) in [6.45, 7) is 16.0. The number of ether oxygens (including phenoxy) is 1. The van der Waals surface area contributed by atoms with E-state index in [1.807, 2.05) is 0 Å². The molecule has 2 saturated carbocycles. The zero-order valence-electron chi connectivity index (χ0n) is 29.0. The molecule has 0 bridgehead atoms. The molecule has 2 aliphatic heterocycles. The van der Waals surface area contributed by atoms with Gasteiger partial charge in [0.1, 0.15) is 23.2 Å². The van der Waals surface area contributed by atoms with Gasteiger partial charge in [0.2, 0.25) is 21.8 Å². The summed E-state index contributed by atoms with van der Waals surface area (Å²) in [4.78, 5) is 56.4. The van der Waals surface area contributed by atoms with Gasteiger partial charge in [-0.25, -0.2) is 13.2 Å². The number of nitrogens with zero attached hydrogens (tertiary/aromatic N) is 1. The fourth-order valence-electron chi connectivity index (χ4n) is 6.30. The predicted octanol–water partition coefficient (Wildman–Crippen LogP) is 4.10. The molecule has 2 aliphatic carbocycles. The first-order chi connectivity index (χ1) is 21.2. The van der Waals surface area contributed by atoms with E-state index in [0.717, 1.165) is 25.7 Å². The van der Waals surface area contributed by atoms with Crippen LogP contribution in [0.1, 0.15) is 112 Å². The fourth-order valence-corrected chi connectivity index (χ4v) is 9.02. The Labute approximate surface area is 276 Å². The average molecular weight is 685 g/mol. The van der Waals surface area contributed by atoms with Crippen LogP contribution in [0.3, 0.4) is 0 Å². The summed E-state index contributed by atoms with van der Waals surface area (Å²) in [7, 11) is -6.10. The number of hydrogen-bond acceptors (Lipinski definition) is 8. The molecule has 14 heteroatoms. The van der Waals surface area contributed by atoms with Crippen LogP contribution in [-0.4, -0.2) is 86.6 Å². The quantitative estimate of drug-likeness (QED) is 0.353. The number of amides is 4. The van der Waals surface area contributed by atoms with Gasteiger partial charge in [-0.2, -0.15) is 0 Å². The number of sulfonamides is 1. The second-order valence-corrected chi connectivity index (χ2v) is 23.0. The van der Waals surface area contributed by atoms with Crippen molar-refractivity contribution in [2.45, 2.75) is 165 Å². The largest absolute Gasteiger partial charge is 0.444 e. The highest BCUT2D eigenvalue weighted by Gasteiger charge is 2.62. The van der Waals surface area contributed by atoms with Crippen LogP contribution in [0.2, 0.25) is 18.1 Å². The molecule has 0 aromatic rings. The first kappa shape index (κ1) is 36.6. The molecule has 4 aliphatic rings. The lowest BCUT2D eigenvalue weighted by molar-refractivity contribution is -0.141. The van der Waals surface area contributed by atoms with Crippen molar-refractivity contribution in [1.82, 2.24) is 20.3 Å². The second-order valence-electron chi connectivity index (χ2n) is 16.3. The Hall–Kier alpha value is -2.19. The van der Waals surface area contributed by atoms with Crippen LogP contribution in [0.15, 0.2) is 0 Å². The van der Waals surface area contributed by atoms with Gasteiger partial charge < -0.3 is 24.7 Å². The van der Waals surface area contributed by atoms with E-state index in [0.29, 0.717) is 38.5 Å². The Morgan fingerprint density at radius 1 is 0.957 bits per heavy atom. The lowest BCUT2D eigenvalue weighted by Gasteiger charge is -2.38. The number of fused-ring (bicyclic) bond motifs is 2. The molecular weight excluding hydrogens is 629 g/mol. The summed E-state index contributed by atoms with van der Waals surface area (Å²) < 4.78 is 39.9. The molecule has 4 amide bonds. The predicted molar refractivity (Wildman–Crippen MR) is 177 cm³/mol. The van der Waals surface area contributed by atoms with E-state index in [1.165, 1.54) is 4.90 Å². The Bertz CT molecular complexity index is 1290. The molecule has 0 unspecified atom stereocenters. The lowest BCUT2D eigenvalue weighted by Crippen LogP contribution is -2.58. The van der Waals surface area contributed by atoms with Crippen LogP contribution in [0.25, 0.3) is 0 Å². The molecule has 5 atom stereocenters. The molecule has 4 rings (SSSR count). The fraction of sp³-hybridized carbons (Fsp3) is 0.875. The van der Waals surface area contributed by atoms with Crippen molar-refractivity contribution in [3.05, 3.63) is 0 Å². The molecule has 0 aromatic carbocycles. The number of alkyl carbamates (subject to hydrolysis) is 1. The zero-order chi connectivity index (χ0) is 34.3. The van der Waals surface area contributed by atoms with Crippen LogP contribution in [-0.2, 0) is 33.6 Å². The lowest BCUT2D eigenvalue weighted by atomic mass is 10.0. The Kier molecular flexibility index (Phi) is 10.6. The van der Waals surface area contributed by atoms with Crippen molar-refractivity contribution in [3.8, 4) is 0 Å². The van der Waals surface area contributed by atoms with Crippen molar-refractivity contribution in [3.63, 3.8) is 0 Å². The summed E-state index contributed by atoms with van der Waals surface area (Å²) >= 11 is 0. The number of rotatable bonds is 6. The van der Waals surface area contributed by atoms with Crippen LogP contribution >= 0.6 is 0 Å². The van der Waals surface area contributed by atoms with E-state index in [9.17, 15) is 27.6 Å². The molecule has 12 nitrogen and oxygen atoms in total. The number of hydrogen-bond donors (Lipinski definition) is 3. The van der Waals surface area contributed by atoms with Gasteiger partial charge in [0, 0.05) is 13.0 Å². The zero-order valence-corrected chi connectivity index (χ0v) is 30.8. The SMILES string of the molecule is CC(C)(C)OC(=O)N[C@H]1CCCCCCC[C@@H]2C[C@@]2(C(=O)NS(=O)(=O)C2CC2)NC(=O)[C@@H]2C[C@@H](O[Si](C)(C)C(C)(C)C)CN2C1=O. The van der Waals surface area contributed by atoms with Gasteiger partial charge in [0.15, 0.2) is 8.32 Å². The van der Waals surface area contributed by atoms with Crippen LogP contribution in [0.5, 0.6) is 0 Å². The normalized spacial score (nSPS) is 30.2. The van der Waals surface area contributed by atoms with Gasteiger partial charge in [0.05, 0.1) is 11.4 Å². The minimum atomic E-state index is -3.81. The molecule has 2 heterocycles. The number of carbonyl (C=O) groups is 4. The molecule has 0 spiro atoms. The second kappa shape index (κ2) is 13.4. The topological polar surface area (TPSA) is 160 Å². The van der Waals surface area contributed by atoms with E-state index < -0.39 is 76.7 Å². The van der Waals surface area contributed by atoms with Gasteiger partial charge >= 0.3 is 6.09 Å². The van der Waals surface area contributed by atoms with E-state index in [2.05, 4.69) is 49.2 Å². The third-order valence-electron chi connectivity index (χ3n) is 10.2. The molecule has 46 heavy (non-hydrogen) atoms. The Balaban J connectivity index is 1.64. The van der Waals surface area contributed by atoms with Gasteiger partial charge in [-0.05, 0) is 76.9 Å². The van der Waals surface area contributed by atoms with Crippen LogP contribution in [0, 0.1) is 5.92 Å². The molecule has 0 aromatic heterocycles. The minimum Gasteiger partial charge on any atom is -0.444 e. The minimum absolute atomic E-state index is 0.104. The van der Waals surface area contributed by atoms with Crippen molar-refractivity contribution in [2.75, 3.05) is 6.54 Å². The summed E-state index contributed by atoms with van der Waals surface area (Å²) in [6, 6.07) is -1.86. The standard InChI is InChI=1S/C32H56N4O8SSi/c1-30(2,3)43-29(40)33-24-15-13-11-9-10-12-14-21-19-32(21,28(39)35-45(41,42)23-16-17-23)34-26(37)25-18-22(20-36(25)27(24)38)44-46(7,8)31(4,5)6/h21-25H,9-20H2,1-8H3,(H,33,40)(H,34,37)(H,35,39)/t21-,22-,24+,25+,32-/m1/s1. The van der Waals surface area contributed by atoms with Gasteiger partial charge in [-0.3, -0.25) is 19.1 Å². The summed E-state index contributed by atoms with van der Waals surface area (Å²) in [6.07, 6.45) is 5.77. The molecule has 4 fully saturated rings. The van der Waals surface area contributed by atoms with Crippen molar-refractivity contribution in [2.24, 2.45) is 5.92 Å². The van der Waals surface area contributed by atoms with E-state index in [4.69, 9.17) is 9.16 Å². The van der Waals surface area contributed by atoms with Crippen LogP contribution < -0.4 is 15.4 Å². The maximum atomic E-state index is 14.3. The molecule has 262 valence electrons. The van der Waals surface area contributed by atoms with Crippen molar-refractivity contribution in [1.29, 1.82) is 0 Å². The monoisotopic (exact) mass is 684 g/mol. The maximum absolute atomic E-state index is 14.3. The van der Waals surface area contributed by atoms with Crippen molar-refractivity contribution < 1.29 is 36.8 Å². The van der Waals surface area contributed by atoms with E-state index in [1.54, 1.807) is 20.8 Å². The Morgan fingerprint density at radius 3 is 2.15 bits per heavy atom. The summed E-state index contributed by atoms with van der Waals surface area (Å²) in [5, 5.41) is 5.04. The highest BCUT2D eigenvalue weighted by atomic mass is 32.2. The average Bonchev–Trinajstić information content (AvgIpc) is 3.82. The van der Waals surface area contributed by atoms with Crippen molar-refractivity contribution >= 4 is 42.2 Å². The molecule has 3 N–H and O–H groups in total. The first-order valence-corrected chi connectivity index (χ1v) is 21.5. The summed E-state index contributed by atoms with van der Waals surface area (Å²) in [5.74, 6) is -1.80. The Morgan fingerprint density at radius 2 is 1.57 bits per heavy atom. The van der Waals surface area contributed by atoms with E-state index in [-0.39, 0.29) is 23.9 Å². The van der Waals surface area contributed by atoms with Gasteiger partial charge in [-0.1, -0.05) is 52.9 Å². The maximum Gasteiger partial charge on any atom is 0.408 e. The molecular formula is C32H56N4O8SSi. The van der Waals surface area contributed by atoms with Gasteiger partial charge in [-0.15, -0.1) is 0 Å². The highest BCUT2D eigenvalue weighted by molar-refractivity contribution is 7.91. The highest BCUT2D eigenvalue weighted by Crippen LogP contribution is 2.48. The van der Waals surface area contributed by atoms with E-state index >= 15 is 0 Å². The first-order valence-electron chi connectivity index (χ1n) is 17.0. The summed E-state index contributed by atoms with van der Waals surface area (Å²) in [5.41, 5.74) is -2.10. The number of nitrogens with one attached hydrogen (secondary N) is 3. The molecule has 2 saturated heterocycles. The van der Waals surface area contributed by atoms with Gasteiger partial charge in [0.25, 0.3) is 5.91 Å².